The van der Waals surface area contributed by atoms with Crippen LogP contribution in [0.1, 0.15) is 24.2 Å². The standard InChI is InChI=1S/C13H13ClF3N3/c1-3-18-12(13-8(14)6-19-20(13)2)7-4-5-9(15)11(17)10(7)16/h4-6,12,18H,3H2,1-2H3. The van der Waals surface area contributed by atoms with Gasteiger partial charge in [0.05, 0.1) is 23.0 Å². The third-order valence-electron chi connectivity index (χ3n) is 3.00. The highest BCUT2D eigenvalue weighted by atomic mass is 35.5. The molecule has 2 aromatic rings. The summed E-state index contributed by atoms with van der Waals surface area (Å²) in [4.78, 5) is 0. The zero-order valence-electron chi connectivity index (χ0n) is 10.9. The topological polar surface area (TPSA) is 29.9 Å². The molecule has 3 nitrogen and oxygen atoms in total. The summed E-state index contributed by atoms with van der Waals surface area (Å²) >= 11 is 6.04. The zero-order chi connectivity index (χ0) is 14.9. The Morgan fingerprint density at radius 1 is 1.30 bits per heavy atom. The summed E-state index contributed by atoms with van der Waals surface area (Å²) in [7, 11) is 1.64. The first kappa shape index (κ1) is 14.9. The van der Waals surface area contributed by atoms with Crippen LogP contribution >= 0.6 is 11.6 Å². The third-order valence-corrected chi connectivity index (χ3v) is 3.29. The van der Waals surface area contributed by atoms with E-state index in [9.17, 15) is 13.2 Å². The van der Waals surface area contributed by atoms with Crippen LogP contribution in [0.3, 0.4) is 0 Å². The molecule has 0 saturated carbocycles. The Morgan fingerprint density at radius 2 is 2.00 bits per heavy atom. The number of halogens is 4. The van der Waals surface area contributed by atoms with Crippen molar-refractivity contribution in [3.05, 3.63) is 52.1 Å². The maximum absolute atomic E-state index is 14.0. The van der Waals surface area contributed by atoms with Crippen LogP contribution in [0.25, 0.3) is 0 Å². The average Bonchev–Trinajstić information content (AvgIpc) is 2.74. The highest BCUT2D eigenvalue weighted by Crippen LogP contribution is 2.30. The van der Waals surface area contributed by atoms with Gasteiger partial charge >= 0.3 is 0 Å². The number of hydrogen-bond donors (Lipinski definition) is 1. The molecule has 20 heavy (non-hydrogen) atoms. The molecule has 108 valence electrons. The van der Waals surface area contributed by atoms with Gasteiger partial charge in [-0.3, -0.25) is 4.68 Å². The lowest BCUT2D eigenvalue weighted by Crippen LogP contribution is -2.26. The van der Waals surface area contributed by atoms with Gasteiger partial charge < -0.3 is 5.32 Å². The first-order valence-electron chi connectivity index (χ1n) is 6.01. The Morgan fingerprint density at radius 3 is 2.55 bits per heavy atom. The molecule has 0 fully saturated rings. The molecule has 1 atom stereocenters. The summed E-state index contributed by atoms with van der Waals surface area (Å²) in [5.41, 5.74) is 0.467. The van der Waals surface area contributed by atoms with Crippen molar-refractivity contribution in [3.8, 4) is 0 Å². The molecule has 0 aliphatic carbocycles. The van der Waals surface area contributed by atoms with Crippen molar-refractivity contribution in [2.24, 2.45) is 7.05 Å². The number of hydrogen-bond acceptors (Lipinski definition) is 2. The molecule has 2 rings (SSSR count). The molecule has 0 saturated heterocycles. The molecule has 0 radical (unpaired) electrons. The van der Waals surface area contributed by atoms with Crippen LogP contribution in [-0.2, 0) is 7.05 Å². The van der Waals surface area contributed by atoms with Gasteiger partial charge in [0.15, 0.2) is 17.5 Å². The Hall–Kier alpha value is -1.53. The van der Waals surface area contributed by atoms with Gasteiger partial charge in [-0.2, -0.15) is 5.10 Å². The van der Waals surface area contributed by atoms with Crippen molar-refractivity contribution in [2.45, 2.75) is 13.0 Å². The van der Waals surface area contributed by atoms with Crippen LogP contribution in [-0.4, -0.2) is 16.3 Å². The predicted molar refractivity (Wildman–Crippen MR) is 70.1 cm³/mol. The van der Waals surface area contributed by atoms with E-state index in [4.69, 9.17) is 11.6 Å². The van der Waals surface area contributed by atoms with Crippen LogP contribution < -0.4 is 5.32 Å². The maximum atomic E-state index is 14.0. The molecule has 1 aromatic carbocycles. The fourth-order valence-electron chi connectivity index (χ4n) is 2.07. The zero-order valence-corrected chi connectivity index (χ0v) is 11.7. The summed E-state index contributed by atoms with van der Waals surface area (Å²) < 4.78 is 41.9. The molecule has 1 N–H and O–H groups in total. The number of aryl methyl sites for hydroxylation is 1. The van der Waals surface area contributed by atoms with E-state index in [-0.39, 0.29) is 5.56 Å². The second kappa shape index (κ2) is 5.85. The number of nitrogens with zero attached hydrogens (tertiary/aromatic N) is 2. The number of nitrogens with one attached hydrogen (secondary N) is 1. The summed E-state index contributed by atoms with van der Waals surface area (Å²) in [6.07, 6.45) is 1.42. The van der Waals surface area contributed by atoms with E-state index in [1.54, 1.807) is 7.05 Å². The summed E-state index contributed by atoms with van der Waals surface area (Å²) in [6, 6.07) is 1.38. The minimum Gasteiger partial charge on any atom is -0.305 e. The fraction of sp³-hybridized carbons (Fsp3) is 0.308. The Balaban J connectivity index is 2.58. The molecular formula is C13H13ClF3N3. The van der Waals surface area contributed by atoms with E-state index in [0.29, 0.717) is 17.3 Å². The Kier molecular flexibility index (Phi) is 4.35. The first-order chi connectivity index (χ1) is 9.47. The normalized spacial score (nSPS) is 12.7. The van der Waals surface area contributed by atoms with Crippen LogP contribution in [0, 0.1) is 17.5 Å². The van der Waals surface area contributed by atoms with Gasteiger partial charge in [-0.1, -0.05) is 24.6 Å². The van der Waals surface area contributed by atoms with Crippen LogP contribution in [0.5, 0.6) is 0 Å². The Bertz CT molecular complexity index is 608. The van der Waals surface area contributed by atoms with Crippen molar-refractivity contribution < 1.29 is 13.2 Å². The molecule has 1 unspecified atom stereocenters. The highest BCUT2D eigenvalue weighted by molar-refractivity contribution is 6.31. The van der Waals surface area contributed by atoms with E-state index in [1.165, 1.54) is 16.9 Å². The molecule has 0 spiro atoms. The summed E-state index contributed by atoms with van der Waals surface area (Å²) in [6.45, 7) is 2.31. The summed E-state index contributed by atoms with van der Waals surface area (Å²) in [5.74, 6) is -3.95. The molecule has 0 aliphatic heterocycles. The second-order valence-electron chi connectivity index (χ2n) is 4.26. The lowest BCUT2D eigenvalue weighted by atomic mass is 10.0. The van der Waals surface area contributed by atoms with Gasteiger partial charge in [-0.15, -0.1) is 0 Å². The van der Waals surface area contributed by atoms with Crippen LogP contribution in [0.2, 0.25) is 5.02 Å². The Labute approximate surface area is 119 Å². The van der Waals surface area contributed by atoms with Gasteiger partial charge in [0.25, 0.3) is 0 Å². The van der Waals surface area contributed by atoms with Crippen molar-refractivity contribution >= 4 is 11.6 Å². The summed E-state index contributed by atoms with van der Waals surface area (Å²) in [5, 5.41) is 7.29. The smallest absolute Gasteiger partial charge is 0.194 e. The van der Waals surface area contributed by atoms with Crippen molar-refractivity contribution in [2.75, 3.05) is 6.54 Å². The third kappa shape index (κ3) is 2.53. The van der Waals surface area contributed by atoms with E-state index >= 15 is 0 Å². The molecule has 1 aromatic heterocycles. The number of aromatic nitrogens is 2. The van der Waals surface area contributed by atoms with Crippen LogP contribution in [0.15, 0.2) is 18.3 Å². The molecule has 0 aliphatic rings. The first-order valence-corrected chi connectivity index (χ1v) is 6.39. The van der Waals surface area contributed by atoms with Gasteiger partial charge in [0.2, 0.25) is 0 Å². The van der Waals surface area contributed by atoms with Gasteiger partial charge in [0, 0.05) is 12.6 Å². The van der Waals surface area contributed by atoms with E-state index < -0.39 is 23.5 Å². The molecular weight excluding hydrogens is 291 g/mol. The van der Waals surface area contributed by atoms with Crippen LogP contribution in [0.4, 0.5) is 13.2 Å². The quantitative estimate of drug-likeness (QED) is 0.879. The van der Waals surface area contributed by atoms with Gasteiger partial charge in [-0.25, -0.2) is 13.2 Å². The van der Waals surface area contributed by atoms with E-state index in [1.807, 2.05) is 6.92 Å². The van der Waals surface area contributed by atoms with Gasteiger partial charge in [-0.05, 0) is 12.6 Å². The second-order valence-corrected chi connectivity index (χ2v) is 4.66. The molecule has 7 heteroatoms. The largest absolute Gasteiger partial charge is 0.305 e. The van der Waals surface area contributed by atoms with Crippen molar-refractivity contribution in [1.29, 1.82) is 0 Å². The van der Waals surface area contributed by atoms with E-state index in [0.717, 1.165) is 6.07 Å². The lowest BCUT2D eigenvalue weighted by Gasteiger charge is -2.20. The number of benzene rings is 1. The lowest BCUT2D eigenvalue weighted by molar-refractivity contribution is 0.430. The molecule has 0 bridgehead atoms. The fourth-order valence-corrected chi connectivity index (χ4v) is 2.34. The molecule has 0 amide bonds. The van der Waals surface area contributed by atoms with Crippen molar-refractivity contribution in [1.82, 2.24) is 15.1 Å². The van der Waals surface area contributed by atoms with Crippen molar-refractivity contribution in [3.63, 3.8) is 0 Å². The minimum absolute atomic E-state index is 0.0174. The average molecular weight is 304 g/mol. The number of rotatable bonds is 4. The SMILES string of the molecule is CCNC(c1ccc(F)c(F)c1F)c1c(Cl)cnn1C. The van der Waals surface area contributed by atoms with Gasteiger partial charge in [0.1, 0.15) is 0 Å². The highest BCUT2D eigenvalue weighted by Gasteiger charge is 2.25. The van der Waals surface area contributed by atoms with E-state index in [2.05, 4.69) is 10.4 Å². The monoisotopic (exact) mass is 303 g/mol. The molecule has 1 heterocycles. The minimum atomic E-state index is -1.50. The predicted octanol–water partition coefficient (Wildman–Crippen LogP) is 3.19. The maximum Gasteiger partial charge on any atom is 0.194 e.